The van der Waals surface area contributed by atoms with Crippen molar-refractivity contribution in [2.45, 2.75) is 27.2 Å². The summed E-state index contributed by atoms with van der Waals surface area (Å²) in [5.41, 5.74) is 2.53. The van der Waals surface area contributed by atoms with Crippen molar-refractivity contribution in [1.29, 1.82) is 0 Å². The molecular formula is C15H19BrO. The summed E-state index contributed by atoms with van der Waals surface area (Å²) in [6.07, 6.45) is 5.16. The molecule has 0 aliphatic carbocycles. The lowest BCUT2D eigenvalue weighted by Crippen LogP contribution is -2.00. The highest BCUT2D eigenvalue weighted by Crippen LogP contribution is 2.14. The Labute approximate surface area is 112 Å². The van der Waals surface area contributed by atoms with Crippen LogP contribution in [0.15, 0.2) is 46.5 Å². The molecule has 0 aromatic heterocycles. The van der Waals surface area contributed by atoms with Crippen molar-refractivity contribution in [1.82, 2.24) is 0 Å². The standard InChI is InChI=1S/C15H19BrO/c1-4-14(8-7-13(3)16)11-17-15-9-5-12(2)6-10-15/h5-10H,4,11H2,1-3H3/b13-7+,14-8+. The zero-order chi connectivity index (χ0) is 12.7. The van der Waals surface area contributed by atoms with Crippen molar-refractivity contribution in [3.8, 4) is 5.75 Å². The van der Waals surface area contributed by atoms with E-state index in [2.05, 4.69) is 54.1 Å². The lowest BCUT2D eigenvalue weighted by Gasteiger charge is -2.08. The molecule has 2 heteroatoms. The largest absolute Gasteiger partial charge is 0.489 e. The van der Waals surface area contributed by atoms with E-state index in [1.54, 1.807) is 0 Å². The van der Waals surface area contributed by atoms with E-state index in [1.807, 2.05) is 19.1 Å². The van der Waals surface area contributed by atoms with Crippen LogP contribution in [0, 0.1) is 6.92 Å². The number of aryl methyl sites for hydroxylation is 1. The first-order chi connectivity index (χ1) is 8.11. The molecule has 92 valence electrons. The van der Waals surface area contributed by atoms with Gasteiger partial charge in [0.25, 0.3) is 0 Å². The molecule has 0 amide bonds. The molecule has 0 fully saturated rings. The van der Waals surface area contributed by atoms with Crippen LogP contribution in [0.2, 0.25) is 0 Å². The lowest BCUT2D eigenvalue weighted by molar-refractivity contribution is 0.348. The predicted molar refractivity (Wildman–Crippen MR) is 77.7 cm³/mol. The number of hydrogen-bond donors (Lipinski definition) is 0. The van der Waals surface area contributed by atoms with E-state index in [-0.39, 0.29) is 0 Å². The van der Waals surface area contributed by atoms with Crippen molar-refractivity contribution in [3.05, 3.63) is 52.0 Å². The van der Waals surface area contributed by atoms with E-state index in [9.17, 15) is 0 Å². The summed E-state index contributed by atoms with van der Waals surface area (Å²) < 4.78 is 6.86. The van der Waals surface area contributed by atoms with Crippen molar-refractivity contribution in [3.63, 3.8) is 0 Å². The molecule has 1 aromatic rings. The van der Waals surface area contributed by atoms with E-state index < -0.39 is 0 Å². The van der Waals surface area contributed by atoms with Crippen LogP contribution in [0.5, 0.6) is 5.75 Å². The molecular weight excluding hydrogens is 276 g/mol. The summed E-state index contributed by atoms with van der Waals surface area (Å²) in [5, 5.41) is 0. The summed E-state index contributed by atoms with van der Waals surface area (Å²) in [5.74, 6) is 0.925. The van der Waals surface area contributed by atoms with Gasteiger partial charge in [0.15, 0.2) is 0 Å². The third-order valence-corrected chi connectivity index (χ3v) is 2.71. The van der Waals surface area contributed by atoms with Crippen LogP contribution in [0.4, 0.5) is 0 Å². The lowest BCUT2D eigenvalue weighted by atomic mass is 10.2. The highest BCUT2D eigenvalue weighted by molar-refractivity contribution is 9.11. The van der Waals surface area contributed by atoms with Gasteiger partial charge in [-0.1, -0.05) is 52.7 Å². The third-order valence-electron chi connectivity index (χ3n) is 2.45. The molecule has 0 N–H and O–H groups in total. The SMILES string of the molecule is CC/C(=C\C=C(/C)Br)COc1ccc(C)cc1. The van der Waals surface area contributed by atoms with Gasteiger partial charge in [-0.2, -0.15) is 0 Å². The molecule has 1 nitrogen and oxygen atoms in total. The van der Waals surface area contributed by atoms with Crippen LogP contribution >= 0.6 is 15.9 Å². The smallest absolute Gasteiger partial charge is 0.119 e. The number of ether oxygens (including phenoxy) is 1. The second kappa shape index (κ2) is 7.33. The monoisotopic (exact) mass is 294 g/mol. The number of allylic oxidation sites excluding steroid dienone is 3. The molecule has 0 atom stereocenters. The van der Waals surface area contributed by atoms with Crippen LogP contribution in [-0.4, -0.2) is 6.61 Å². The van der Waals surface area contributed by atoms with Crippen molar-refractivity contribution in [2.24, 2.45) is 0 Å². The fourth-order valence-electron chi connectivity index (χ4n) is 1.31. The normalized spacial score (nSPS) is 12.7. The van der Waals surface area contributed by atoms with E-state index in [1.165, 1.54) is 11.1 Å². The Morgan fingerprint density at radius 2 is 1.88 bits per heavy atom. The maximum atomic E-state index is 5.73. The average Bonchev–Trinajstić information content (AvgIpc) is 2.31. The third kappa shape index (κ3) is 5.73. The molecule has 0 bridgehead atoms. The minimum Gasteiger partial charge on any atom is -0.489 e. The molecule has 0 aliphatic heterocycles. The topological polar surface area (TPSA) is 9.23 Å². The summed E-state index contributed by atoms with van der Waals surface area (Å²) in [7, 11) is 0. The Morgan fingerprint density at radius 1 is 1.24 bits per heavy atom. The van der Waals surface area contributed by atoms with Gasteiger partial charge >= 0.3 is 0 Å². The van der Waals surface area contributed by atoms with Crippen LogP contribution in [0.3, 0.4) is 0 Å². The summed E-state index contributed by atoms with van der Waals surface area (Å²) >= 11 is 3.41. The summed E-state index contributed by atoms with van der Waals surface area (Å²) in [6.45, 7) is 6.88. The first-order valence-corrected chi connectivity index (χ1v) is 6.62. The fraction of sp³-hybridized carbons (Fsp3) is 0.333. The molecule has 1 rings (SSSR count). The summed E-state index contributed by atoms with van der Waals surface area (Å²) in [6, 6.07) is 8.14. The van der Waals surface area contributed by atoms with Gasteiger partial charge in [0.1, 0.15) is 12.4 Å². The van der Waals surface area contributed by atoms with E-state index in [4.69, 9.17) is 4.74 Å². The number of halogens is 1. The van der Waals surface area contributed by atoms with Crippen LogP contribution in [0.1, 0.15) is 25.8 Å². The van der Waals surface area contributed by atoms with Crippen LogP contribution in [-0.2, 0) is 0 Å². The van der Waals surface area contributed by atoms with Gasteiger partial charge < -0.3 is 4.74 Å². The molecule has 0 radical (unpaired) electrons. The van der Waals surface area contributed by atoms with Gasteiger partial charge in [0.05, 0.1) is 0 Å². The Hall–Kier alpha value is -1.02. The van der Waals surface area contributed by atoms with E-state index in [0.717, 1.165) is 16.7 Å². The van der Waals surface area contributed by atoms with E-state index >= 15 is 0 Å². The first-order valence-electron chi connectivity index (χ1n) is 5.83. The Morgan fingerprint density at radius 3 is 2.41 bits per heavy atom. The number of benzene rings is 1. The van der Waals surface area contributed by atoms with Crippen LogP contribution < -0.4 is 4.74 Å². The van der Waals surface area contributed by atoms with Gasteiger partial charge in [-0.3, -0.25) is 0 Å². The molecule has 0 saturated carbocycles. The van der Waals surface area contributed by atoms with Gasteiger partial charge in [0.2, 0.25) is 0 Å². The quantitative estimate of drug-likeness (QED) is 0.694. The maximum Gasteiger partial charge on any atom is 0.119 e. The molecule has 17 heavy (non-hydrogen) atoms. The van der Waals surface area contributed by atoms with Gasteiger partial charge in [0, 0.05) is 0 Å². The van der Waals surface area contributed by atoms with E-state index in [0.29, 0.717) is 6.61 Å². The highest BCUT2D eigenvalue weighted by atomic mass is 79.9. The number of rotatable bonds is 5. The second-order valence-corrected chi connectivity index (χ2v) is 5.28. The van der Waals surface area contributed by atoms with Gasteiger partial charge in [-0.15, -0.1) is 0 Å². The Balaban J connectivity index is 2.56. The average molecular weight is 295 g/mol. The predicted octanol–water partition coefficient (Wildman–Crippen LogP) is 5.01. The first kappa shape index (κ1) is 14.0. The summed E-state index contributed by atoms with van der Waals surface area (Å²) in [4.78, 5) is 0. The second-order valence-electron chi connectivity index (χ2n) is 4.03. The minimum atomic E-state index is 0.649. The zero-order valence-electron chi connectivity index (χ0n) is 10.7. The maximum absolute atomic E-state index is 5.73. The van der Waals surface area contributed by atoms with Gasteiger partial charge in [-0.05, 0) is 42.5 Å². The van der Waals surface area contributed by atoms with Crippen molar-refractivity contribution in [2.75, 3.05) is 6.61 Å². The highest BCUT2D eigenvalue weighted by Gasteiger charge is 1.96. The Kier molecular flexibility index (Phi) is 6.06. The van der Waals surface area contributed by atoms with Crippen molar-refractivity contribution >= 4 is 15.9 Å². The molecule has 0 unspecified atom stereocenters. The molecule has 1 aromatic carbocycles. The molecule has 0 spiro atoms. The van der Waals surface area contributed by atoms with Gasteiger partial charge in [-0.25, -0.2) is 0 Å². The fourth-order valence-corrected chi connectivity index (χ4v) is 1.44. The molecule has 0 saturated heterocycles. The van der Waals surface area contributed by atoms with Crippen molar-refractivity contribution < 1.29 is 4.74 Å². The zero-order valence-corrected chi connectivity index (χ0v) is 12.3. The Bertz CT molecular complexity index is 397. The van der Waals surface area contributed by atoms with Crippen LogP contribution in [0.25, 0.3) is 0 Å². The minimum absolute atomic E-state index is 0.649. The molecule has 0 aliphatic rings. The number of hydrogen-bond acceptors (Lipinski definition) is 1. The molecule has 0 heterocycles.